The third kappa shape index (κ3) is 3.57. The van der Waals surface area contributed by atoms with Crippen LogP contribution in [0.25, 0.3) is 0 Å². The molecule has 15 heavy (non-hydrogen) atoms. The van der Waals surface area contributed by atoms with Gasteiger partial charge in [-0.15, -0.1) is 0 Å². The predicted molar refractivity (Wildman–Crippen MR) is 58.9 cm³/mol. The summed E-state index contributed by atoms with van der Waals surface area (Å²) in [6.45, 7) is 1.10. The van der Waals surface area contributed by atoms with Crippen LogP contribution in [0, 0.1) is 5.41 Å². The fraction of sp³-hybridized carbons (Fsp3) is 0.300. The standard InChI is InChI=1S/C10H15N3O2/c1-14-10(11)8-2-4-9(5-3-8)13-6-7-15-12/h2-5,11,13H,6-7,12H2,1H3. The van der Waals surface area contributed by atoms with E-state index in [-0.39, 0.29) is 5.90 Å². The van der Waals surface area contributed by atoms with Crippen molar-refractivity contribution in [1.29, 1.82) is 5.41 Å². The second-order valence-corrected chi connectivity index (χ2v) is 2.91. The summed E-state index contributed by atoms with van der Waals surface area (Å²) < 4.78 is 4.80. The number of anilines is 1. The first-order valence-electron chi connectivity index (χ1n) is 4.56. The summed E-state index contributed by atoms with van der Waals surface area (Å²) >= 11 is 0. The molecule has 0 aliphatic heterocycles. The van der Waals surface area contributed by atoms with Crippen LogP contribution in [0.2, 0.25) is 0 Å². The maximum absolute atomic E-state index is 7.44. The summed E-state index contributed by atoms with van der Waals surface area (Å²) in [6.07, 6.45) is 0. The number of nitrogens with one attached hydrogen (secondary N) is 2. The molecule has 0 saturated heterocycles. The van der Waals surface area contributed by atoms with E-state index in [0.717, 1.165) is 11.3 Å². The molecule has 0 bridgehead atoms. The monoisotopic (exact) mass is 209 g/mol. The van der Waals surface area contributed by atoms with Crippen LogP contribution in [-0.4, -0.2) is 26.2 Å². The van der Waals surface area contributed by atoms with Crippen LogP contribution in [0.5, 0.6) is 0 Å². The van der Waals surface area contributed by atoms with Gasteiger partial charge in [0, 0.05) is 17.8 Å². The first-order valence-corrected chi connectivity index (χ1v) is 4.56. The predicted octanol–water partition coefficient (Wildman–Crippen LogP) is 0.961. The van der Waals surface area contributed by atoms with Crippen LogP contribution < -0.4 is 11.2 Å². The molecule has 0 saturated carbocycles. The summed E-state index contributed by atoms with van der Waals surface area (Å²) in [6, 6.07) is 7.38. The molecule has 0 aliphatic carbocycles. The van der Waals surface area contributed by atoms with Gasteiger partial charge < -0.3 is 14.9 Å². The Kier molecular flexibility index (Phi) is 4.59. The Morgan fingerprint density at radius 2 is 2.07 bits per heavy atom. The maximum Gasteiger partial charge on any atom is 0.212 e. The van der Waals surface area contributed by atoms with Crippen molar-refractivity contribution in [3.63, 3.8) is 0 Å². The Labute approximate surface area is 88.6 Å². The van der Waals surface area contributed by atoms with Gasteiger partial charge in [0.05, 0.1) is 13.7 Å². The minimum Gasteiger partial charge on any atom is -0.481 e. The van der Waals surface area contributed by atoms with Gasteiger partial charge in [0.2, 0.25) is 5.90 Å². The Morgan fingerprint density at radius 1 is 1.40 bits per heavy atom. The lowest BCUT2D eigenvalue weighted by molar-refractivity contribution is 0.148. The van der Waals surface area contributed by atoms with Gasteiger partial charge in [0.1, 0.15) is 0 Å². The van der Waals surface area contributed by atoms with Gasteiger partial charge in [-0.25, -0.2) is 5.90 Å². The lowest BCUT2D eigenvalue weighted by Gasteiger charge is -2.06. The molecule has 4 N–H and O–H groups in total. The van der Waals surface area contributed by atoms with Crippen molar-refractivity contribution in [3.8, 4) is 0 Å². The van der Waals surface area contributed by atoms with E-state index in [2.05, 4.69) is 10.2 Å². The minimum atomic E-state index is 0.159. The Balaban J connectivity index is 2.52. The molecular formula is C10H15N3O2. The van der Waals surface area contributed by atoms with Gasteiger partial charge in [-0.05, 0) is 24.3 Å². The van der Waals surface area contributed by atoms with E-state index in [1.54, 1.807) is 0 Å². The summed E-state index contributed by atoms with van der Waals surface area (Å²) in [4.78, 5) is 4.43. The van der Waals surface area contributed by atoms with Crippen molar-refractivity contribution < 1.29 is 9.57 Å². The molecule has 1 rings (SSSR count). The molecule has 0 heterocycles. The summed E-state index contributed by atoms with van der Waals surface area (Å²) in [5, 5.41) is 10.6. The molecule has 0 radical (unpaired) electrons. The number of methoxy groups -OCH3 is 1. The number of hydrogen-bond donors (Lipinski definition) is 3. The summed E-state index contributed by atoms with van der Waals surface area (Å²) in [5.41, 5.74) is 1.71. The molecule has 1 aromatic carbocycles. The molecule has 0 fully saturated rings. The second-order valence-electron chi connectivity index (χ2n) is 2.91. The van der Waals surface area contributed by atoms with Crippen LogP contribution in [0.15, 0.2) is 24.3 Å². The molecule has 5 nitrogen and oxygen atoms in total. The van der Waals surface area contributed by atoms with Gasteiger partial charge in [-0.2, -0.15) is 0 Å². The third-order valence-electron chi connectivity index (χ3n) is 1.90. The molecule has 82 valence electrons. The maximum atomic E-state index is 7.44. The fourth-order valence-electron chi connectivity index (χ4n) is 1.11. The highest BCUT2D eigenvalue weighted by atomic mass is 16.6. The average Bonchev–Trinajstić information content (AvgIpc) is 2.29. The van der Waals surface area contributed by atoms with Gasteiger partial charge in [-0.3, -0.25) is 5.41 Å². The first-order chi connectivity index (χ1) is 7.27. The average molecular weight is 209 g/mol. The third-order valence-corrected chi connectivity index (χ3v) is 1.90. The van der Waals surface area contributed by atoms with Crippen molar-refractivity contribution in [1.82, 2.24) is 0 Å². The van der Waals surface area contributed by atoms with Crippen molar-refractivity contribution in [2.75, 3.05) is 25.6 Å². The van der Waals surface area contributed by atoms with Gasteiger partial charge >= 0.3 is 0 Å². The largest absolute Gasteiger partial charge is 0.481 e. The molecule has 0 atom stereocenters. The van der Waals surface area contributed by atoms with E-state index in [1.807, 2.05) is 24.3 Å². The van der Waals surface area contributed by atoms with Gasteiger partial charge in [0.25, 0.3) is 0 Å². The molecule has 0 spiro atoms. The SMILES string of the molecule is COC(=N)c1ccc(NCCON)cc1. The molecule has 0 aromatic heterocycles. The topological polar surface area (TPSA) is 80.4 Å². The molecule has 0 aliphatic rings. The molecule has 5 heteroatoms. The van der Waals surface area contributed by atoms with Gasteiger partial charge in [-0.1, -0.05) is 0 Å². The quantitative estimate of drug-likeness (QED) is 0.292. The zero-order valence-electron chi connectivity index (χ0n) is 8.62. The van der Waals surface area contributed by atoms with E-state index in [0.29, 0.717) is 13.2 Å². The lowest BCUT2D eigenvalue weighted by atomic mass is 10.2. The van der Waals surface area contributed by atoms with Crippen LogP contribution in [0.4, 0.5) is 5.69 Å². The highest BCUT2D eigenvalue weighted by Crippen LogP contribution is 2.09. The number of ether oxygens (including phenoxy) is 1. The smallest absolute Gasteiger partial charge is 0.212 e. The molecular weight excluding hydrogens is 194 g/mol. The van der Waals surface area contributed by atoms with Crippen LogP contribution >= 0.6 is 0 Å². The highest BCUT2D eigenvalue weighted by molar-refractivity contribution is 5.91. The van der Waals surface area contributed by atoms with E-state index < -0.39 is 0 Å². The minimum absolute atomic E-state index is 0.159. The normalized spacial score (nSPS) is 9.73. The zero-order valence-corrected chi connectivity index (χ0v) is 8.62. The van der Waals surface area contributed by atoms with E-state index >= 15 is 0 Å². The number of rotatable bonds is 5. The van der Waals surface area contributed by atoms with Crippen LogP contribution in [0.1, 0.15) is 5.56 Å². The number of hydrogen-bond acceptors (Lipinski definition) is 5. The van der Waals surface area contributed by atoms with Crippen molar-refractivity contribution >= 4 is 11.6 Å². The van der Waals surface area contributed by atoms with E-state index in [4.69, 9.17) is 16.0 Å². The van der Waals surface area contributed by atoms with Crippen LogP contribution in [-0.2, 0) is 9.57 Å². The van der Waals surface area contributed by atoms with Crippen molar-refractivity contribution in [2.24, 2.45) is 5.90 Å². The number of benzene rings is 1. The first kappa shape index (κ1) is 11.5. The van der Waals surface area contributed by atoms with Crippen LogP contribution in [0.3, 0.4) is 0 Å². The number of nitrogens with two attached hydrogens (primary N) is 1. The Bertz CT molecular complexity index is 311. The highest BCUT2D eigenvalue weighted by Gasteiger charge is 1.99. The van der Waals surface area contributed by atoms with Crippen molar-refractivity contribution in [2.45, 2.75) is 0 Å². The van der Waals surface area contributed by atoms with Gasteiger partial charge in [0.15, 0.2) is 0 Å². The van der Waals surface area contributed by atoms with Crippen molar-refractivity contribution in [3.05, 3.63) is 29.8 Å². The van der Waals surface area contributed by atoms with E-state index in [1.165, 1.54) is 7.11 Å². The summed E-state index contributed by atoms with van der Waals surface area (Å²) in [7, 11) is 1.48. The molecule has 0 amide bonds. The zero-order chi connectivity index (χ0) is 11.1. The Morgan fingerprint density at radius 3 is 2.60 bits per heavy atom. The van der Waals surface area contributed by atoms with E-state index in [9.17, 15) is 0 Å². The molecule has 0 unspecified atom stereocenters. The lowest BCUT2D eigenvalue weighted by Crippen LogP contribution is -2.12. The molecule has 1 aromatic rings. The fourth-order valence-corrected chi connectivity index (χ4v) is 1.11. The summed E-state index contributed by atoms with van der Waals surface area (Å²) in [5.74, 6) is 5.05. The second kappa shape index (κ2) is 6.00. The Hall–Kier alpha value is -1.59.